The fraction of sp³-hybridized carbons (Fsp3) is 0.423. The summed E-state index contributed by atoms with van der Waals surface area (Å²) in [5, 5.41) is 21.0. The second-order valence-electron chi connectivity index (χ2n) is 9.57. The largest absolute Gasteiger partial charge is 0.492 e. The van der Waals surface area contributed by atoms with Crippen LogP contribution in [0.5, 0.6) is 5.75 Å². The van der Waals surface area contributed by atoms with Gasteiger partial charge < -0.3 is 25.1 Å². The Morgan fingerprint density at radius 2 is 2.09 bits per heavy atom. The molecule has 0 spiro atoms. The minimum atomic E-state index is -1.20. The molecule has 1 saturated carbocycles. The Labute approximate surface area is 192 Å². The number of aromatic carboxylic acids is 1. The third-order valence-corrected chi connectivity index (χ3v) is 7.23. The molecule has 5 rings (SSSR count). The fourth-order valence-corrected chi connectivity index (χ4v) is 5.18. The molecule has 1 aromatic heterocycles. The van der Waals surface area contributed by atoms with Gasteiger partial charge in [0.05, 0.1) is 12.3 Å². The molecule has 172 valence electrons. The summed E-state index contributed by atoms with van der Waals surface area (Å²) in [6, 6.07) is 4.08. The Bertz CT molecular complexity index is 1240. The van der Waals surface area contributed by atoms with Crippen molar-refractivity contribution in [1.29, 1.82) is 5.41 Å². The minimum absolute atomic E-state index is 0.0277. The summed E-state index contributed by atoms with van der Waals surface area (Å²) in [6.45, 7) is 4.77. The van der Waals surface area contributed by atoms with E-state index < -0.39 is 11.4 Å². The lowest BCUT2D eigenvalue weighted by Gasteiger charge is -2.34. The highest BCUT2D eigenvalue weighted by Crippen LogP contribution is 2.47. The first-order valence-electron chi connectivity index (χ1n) is 11.7. The van der Waals surface area contributed by atoms with Gasteiger partial charge in [-0.25, -0.2) is 4.79 Å². The topological polar surface area (TPSA) is 104 Å². The van der Waals surface area contributed by atoms with Gasteiger partial charge in [0.2, 0.25) is 0 Å². The van der Waals surface area contributed by atoms with Crippen molar-refractivity contribution in [3.8, 4) is 17.0 Å². The van der Waals surface area contributed by atoms with Gasteiger partial charge in [-0.05, 0) is 43.2 Å². The van der Waals surface area contributed by atoms with E-state index in [4.69, 9.17) is 10.1 Å². The maximum atomic E-state index is 12.7. The Morgan fingerprint density at radius 3 is 2.73 bits per heavy atom. The number of aromatic nitrogens is 1. The van der Waals surface area contributed by atoms with E-state index in [0.717, 1.165) is 58.5 Å². The molecular weight excluding hydrogens is 418 g/mol. The molecule has 0 saturated heterocycles. The van der Waals surface area contributed by atoms with E-state index in [9.17, 15) is 14.7 Å². The number of carboxylic acid groups (broad SMARTS) is 1. The maximum Gasteiger partial charge on any atom is 0.341 e. The fourth-order valence-electron chi connectivity index (χ4n) is 5.18. The number of carbonyl (C=O) groups is 1. The zero-order valence-corrected chi connectivity index (χ0v) is 19.0. The number of benzene rings is 1. The standard InChI is InChI=1S/C26H29N3O4/c1-14(2)21-9-15-8-19(16(11-27)12-28-17-4-3-5-17)25-18(6-7-33-25)24(15)22-10-23(30)20(26(31)32)13-29(21)22/h8,10-14,17,21,27-28H,3-7,9H2,1-2H3,(H,31,32)/b16-12+,27-11?. The van der Waals surface area contributed by atoms with Crippen molar-refractivity contribution in [2.75, 3.05) is 6.61 Å². The molecule has 1 aromatic carbocycles. The molecule has 3 heterocycles. The number of nitrogens with zero attached hydrogens (tertiary/aromatic N) is 1. The van der Waals surface area contributed by atoms with E-state index in [2.05, 4.69) is 25.2 Å². The number of nitrogens with one attached hydrogen (secondary N) is 2. The molecular formula is C26H29N3O4. The van der Waals surface area contributed by atoms with E-state index in [1.807, 2.05) is 10.8 Å². The van der Waals surface area contributed by atoms with E-state index >= 15 is 0 Å². The van der Waals surface area contributed by atoms with Gasteiger partial charge in [-0.2, -0.15) is 0 Å². The summed E-state index contributed by atoms with van der Waals surface area (Å²) in [4.78, 5) is 24.3. The van der Waals surface area contributed by atoms with Crippen LogP contribution in [0.25, 0.3) is 16.8 Å². The highest BCUT2D eigenvalue weighted by atomic mass is 16.5. The van der Waals surface area contributed by atoms with Crippen LogP contribution >= 0.6 is 0 Å². The van der Waals surface area contributed by atoms with Gasteiger partial charge in [0.15, 0.2) is 5.43 Å². The average molecular weight is 448 g/mol. The van der Waals surface area contributed by atoms with Crippen molar-refractivity contribution in [3.05, 3.63) is 57.0 Å². The van der Waals surface area contributed by atoms with Crippen LogP contribution in [0.4, 0.5) is 0 Å². The quantitative estimate of drug-likeness (QED) is 0.580. The van der Waals surface area contributed by atoms with Gasteiger partial charge in [-0.3, -0.25) is 4.79 Å². The molecule has 33 heavy (non-hydrogen) atoms. The summed E-state index contributed by atoms with van der Waals surface area (Å²) in [5.41, 5.74) is 4.90. The molecule has 0 radical (unpaired) electrons. The Balaban J connectivity index is 1.70. The molecule has 0 bridgehead atoms. The molecule has 2 aliphatic heterocycles. The smallest absolute Gasteiger partial charge is 0.341 e. The molecule has 1 fully saturated rings. The normalized spacial score (nSPS) is 19.2. The molecule has 3 N–H and O–H groups in total. The number of carboxylic acids is 1. The number of ether oxygens (including phenoxy) is 1. The van der Waals surface area contributed by atoms with Gasteiger partial charge in [-0.1, -0.05) is 13.8 Å². The summed E-state index contributed by atoms with van der Waals surface area (Å²) in [7, 11) is 0. The summed E-state index contributed by atoms with van der Waals surface area (Å²) < 4.78 is 8.03. The molecule has 3 aliphatic rings. The lowest BCUT2D eigenvalue weighted by Crippen LogP contribution is -2.31. The molecule has 1 aliphatic carbocycles. The number of hydrogen-bond acceptors (Lipinski definition) is 5. The van der Waals surface area contributed by atoms with E-state index in [-0.39, 0.29) is 17.5 Å². The average Bonchev–Trinajstić information content (AvgIpc) is 3.23. The number of allylic oxidation sites excluding steroid dienone is 1. The van der Waals surface area contributed by atoms with Crippen LogP contribution in [-0.4, -0.2) is 34.5 Å². The van der Waals surface area contributed by atoms with Gasteiger partial charge >= 0.3 is 5.97 Å². The predicted octanol–water partition coefficient (Wildman–Crippen LogP) is 4.03. The first-order chi connectivity index (χ1) is 15.9. The van der Waals surface area contributed by atoms with Crippen molar-refractivity contribution < 1.29 is 14.6 Å². The Kier molecular flexibility index (Phi) is 5.35. The Morgan fingerprint density at radius 1 is 1.30 bits per heavy atom. The Hall–Kier alpha value is -3.35. The van der Waals surface area contributed by atoms with Crippen molar-refractivity contribution in [2.45, 2.75) is 58.0 Å². The lowest BCUT2D eigenvalue weighted by molar-refractivity contribution is 0.0694. The number of rotatable bonds is 6. The van der Waals surface area contributed by atoms with Crippen molar-refractivity contribution in [3.63, 3.8) is 0 Å². The van der Waals surface area contributed by atoms with Crippen molar-refractivity contribution >= 4 is 17.8 Å². The SMILES string of the molecule is CC(C)C1Cc2cc(/C(C=N)=C/NC3CCC3)c3c(c2-c2cc(=O)c(C(=O)O)cn21)CCO3. The number of pyridine rings is 1. The van der Waals surface area contributed by atoms with E-state index in [1.165, 1.54) is 24.9 Å². The first kappa shape index (κ1) is 21.5. The summed E-state index contributed by atoms with van der Waals surface area (Å²) in [5.74, 6) is -0.192. The molecule has 0 amide bonds. The molecule has 1 atom stereocenters. The first-order valence-corrected chi connectivity index (χ1v) is 11.7. The highest BCUT2D eigenvalue weighted by Gasteiger charge is 2.33. The van der Waals surface area contributed by atoms with Gasteiger partial charge in [-0.15, -0.1) is 0 Å². The molecule has 7 heteroatoms. The van der Waals surface area contributed by atoms with E-state index in [0.29, 0.717) is 19.1 Å². The number of fused-ring (bicyclic) bond motifs is 5. The highest BCUT2D eigenvalue weighted by molar-refractivity contribution is 6.10. The van der Waals surface area contributed by atoms with Crippen molar-refractivity contribution in [1.82, 2.24) is 9.88 Å². The van der Waals surface area contributed by atoms with Crippen molar-refractivity contribution in [2.24, 2.45) is 5.92 Å². The van der Waals surface area contributed by atoms with Gasteiger partial charge in [0.25, 0.3) is 0 Å². The van der Waals surface area contributed by atoms with E-state index in [1.54, 1.807) is 0 Å². The van der Waals surface area contributed by atoms with Gasteiger partial charge in [0.1, 0.15) is 11.3 Å². The lowest BCUT2D eigenvalue weighted by atomic mass is 9.82. The van der Waals surface area contributed by atoms with Crippen LogP contribution in [0.3, 0.4) is 0 Å². The maximum absolute atomic E-state index is 12.7. The summed E-state index contributed by atoms with van der Waals surface area (Å²) in [6.07, 6.45) is 9.80. The molecule has 1 unspecified atom stereocenters. The van der Waals surface area contributed by atoms with Crippen LogP contribution in [0.1, 0.15) is 66.2 Å². The zero-order valence-electron chi connectivity index (χ0n) is 19.0. The number of hydrogen-bond donors (Lipinski definition) is 3. The second kappa shape index (κ2) is 8.21. The molecule has 7 nitrogen and oxygen atoms in total. The monoisotopic (exact) mass is 447 g/mol. The third-order valence-electron chi connectivity index (χ3n) is 7.23. The van der Waals surface area contributed by atoms with Crippen LogP contribution in [0, 0.1) is 11.3 Å². The second-order valence-corrected chi connectivity index (χ2v) is 9.57. The summed E-state index contributed by atoms with van der Waals surface area (Å²) >= 11 is 0. The van der Waals surface area contributed by atoms with Crippen LogP contribution < -0.4 is 15.5 Å². The van der Waals surface area contributed by atoms with Crippen LogP contribution in [-0.2, 0) is 12.8 Å². The van der Waals surface area contributed by atoms with Crippen LogP contribution in [0.2, 0.25) is 0 Å². The zero-order chi connectivity index (χ0) is 23.3. The molecule has 2 aromatic rings. The minimum Gasteiger partial charge on any atom is -0.492 e. The predicted molar refractivity (Wildman–Crippen MR) is 127 cm³/mol. The van der Waals surface area contributed by atoms with Gasteiger partial charge in [0, 0.05) is 65.4 Å². The van der Waals surface area contributed by atoms with Crippen LogP contribution in [0.15, 0.2) is 29.3 Å². The third kappa shape index (κ3) is 3.56.